The average molecular weight is 211 g/mol. The van der Waals surface area contributed by atoms with Crippen molar-refractivity contribution in [2.75, 3.05) is 13.7 Å². The molecule has 1 aliphatic rings. The van der Waals surface area contributed by atoms with E-state index in [-0.39, 0.29) is 0 Å². The van der Waals surface area contributed by atoms with Gasteiger partial charge in [-0.25, -0.2) is 4.84 Å². The smallest absolute Gasteiger partial charge is 0.204 e. The van der Waals surface area contributed by atoms with Crippen LogP contribution in [-0.2, 0) is 17.9 Å². The lowest BCUT2D eigenvalue weighted by Crippen LogP contribution is -2.76. The topological polar surface area (TPSA) is 46.9 Å². The van der Waals surface area contributed by atoms with Crippen molar-refractivity contribution >= 4 is 5.69 Å². The Bertz CT molecular complexity index is 334. The minimum absolute atomic E-state index is 0.587. The molecule has 0 spiro atoms. The molecule has 0 atom stereocenters. The number of aromatic nitrogens is 2. The second kappa shape index (κ2) is 4.30. The summed E-state index contributed by atoms with van der Waals surface area (Å²) in [7, 11) is 1.67. The lowest BCUT2D eigenvalue weighted by atomic mass is 10.2. The van der Waals surface area contributed by atoms with E-state index in [1.54, 1.807) is 12.6 Å². The fraction of sp³-hybridized carbons (Fsp3) is 0.700. The van der Waals surface area contributed by atoms with Crippen LogP contribution in [0.4, 0.5) is 5.69 Å². The second-order valence-corrected chi connectivity index (χ2v) is 4.19. The molecule has 5 nitrogen and oxygen atoms in total. The van der Waals surface area contributed by atoms with Crippen LogP contribution in [0.1, 0.15) is 19.5 Å². The van der Waals surface area contributed by atoms with Gasteiger partial charge in [-0.15, -0.1) is 0 Å². The summed E-state index contributed by atoms with van der Waals surface area (Å²) < 4.78 is 2.07. The molecule has 1 aromatic heterocycles. The predicted molar refractivity (Wildman–Crippen MR) is 56.4 cm³/mol. The SMILES string of the molecule is CO[NH2+]c1cnn2c1CN(C(C)C)CC2. The Morgan fingerprint density at radius 1 is 1.47 bits per heavy atom. The van der Waals surface area contributed by atoms with Crippen LogP contribution in [0, 0.1) is 0 Å². The van der Waals surface area contributed by atoms with Crippen LogP contribution < -0.4 is 5.48 Å². The van der Waals surface area contributed by atoms with Crippen LogP contribution in [0.15, 0.2) is 6.20 Å². The third-order valence-electron chi connectivity index (χ3n) is 2.91. The Hall–Kier alpha value is -0.910. The zero-order valence-corrected chi connectivity index (χ0v) is 9.60. The number of hydrogen-bond donors (Lipinski definition) is 1. The highest BCUT2D eigenvalue weighted by molar-refractivity contribution is 5.31. The van der Waals surface area contributed by atoms with Crippen LogP contribution >= 0.6 is 0 Å². The van der Waals surface area contributed by atoms with E-state index in [1.165, 1.54) is 5.69 Å². The monoisotopic (exact) mass is 211 g/mol. The quantitative estimate of drug-likeness (QED) is 0.708. The zero-order chi connectivity index (χ0) is 10.8. The second-order valence-electron chi connectivity index (χ2n) is 4.19. The van der Waals surface area contributed by atoms with E-state index in [1.807, 2.05) is 6.20 Å². The van der Waals surface area contributed by atoms with Gasteiger partial charge in [0, 0.05) is 19.1 Å². The van der Waals surface area contributed by atoms with Gasteiger partial charge in [-0.05, 0) is 13.8 Å². The van der Waals surface area contributed by atoms with Crippen molar-refractivity contribution in [1.82, 2.24) is 14.7 Å². The van der Waals surface area contributed by atoms with Crippen LogP contribution in [0.5, 0.6) is 0 Å². The Balaban J connectivity index is 2.18. The summed E-state index contributed by atoms with van der Waals surface area (Å²) in [5, 5.41) is 4.35. The van der Waals surface area contributed by atoms with Gasteiger partial charge < -0.3 is 0 Å². The molecule has 2 heterocycles. The number of nitrogens with zero attached hydrogens (tertiary/aromatic N) is 3. The third kappa shape index (κ3) is 2.04. The summed E-state index contributed by atoms with van der Waals surface area (Å²) in [5.74, 6) is 0. The summed E-state index contributed by atoms with van der Waals surface area (Å²) in [6.07, 6.45) is 1.88. The number of rotatable bonds is 3. The van der Waals surface area contributed by atoms with Gasteiger partial charge >= 0.3 is 0 Å². The van der Waals surface area contributed by atoms with E-state index in [4.69, 9.17) is 4.84 Å². The minimum atomic E-state index is 0.587. The molecule has 0 amide bonds. The van der Waals surface area contributed by atoms with E-state index < -0.39 is 0 Å². The van der Waals surface area contributed by atoms with Gasteiger partial charge in [0.15, 0.2) is 0 Å². The van der Waals surface area contributed by atoms with E-state index in [2.05, 4.69) is 28.5 Å². The van der Waals surface area contributed by atoms with Gasteiger partial charge in [-0.2, -0.15) is 10.6 Å². The molecule has 0 unspecified atom stereocenters. The first-order chi connectivity index (χ1) is 7.22. The summed E-state index contributed by atoms with van der Waals surface area (Å²) in [6, 6.07) is 0.587. The predicted octanol–water partition coefficient (Wildman–Crippen LogP) is -0.137. The highest BCUT2D eigenvalue weighted by atomic mass is 16.6. The first-order valence-corrected chi connectivity index (χ1v) is 5.37. The Morgan fingerprint density at radius 3 is 2.93 bits per heavy atom. The highest BCUT2D eigenvalue weighted by Crippen LogP contribution is 2.18. The first kappa shape index (κ1) is 10.6. The third-order valence-corrected chi connectivity index (χ3v) is 2.91. The lowest BCUT2D eigenvalue weighted by Gasteiger charge is -2.30. The molecule has 15 heavy (non-hydrogen) atoms. The Labute approximate surface area is 90.0 Å². The Morgan fingerprint density at radius 2 is 2.27 bits per heavy atom. The van der Waals surface area contributed by atoms with Crippen molar-refractivity contribution in [2.45, 2.75) is 33.0 Å². The van der Waals surface area contributed by atoms with Crippen molar-refractivity contribution in [3.63, 3.8) is 0 Å². The molecule has 0 saturated carbocycles. The van der Waals surface area contributed by atoms with E-state index >= 15 is 0 Å². The summed E-state index contributed by atoms with van der Waals surface area (Å²) in [4.78, 5) is 7.50. The molecule has 0 bridgehead atoms. The molecule has 0 fully saturated rings. The number of nitrogens with two attached hydrogens (primary N) is 1. The van der Waals surface area contributed by atoms with Crippen LogP contribution in [0.2, 0.25) is 0 Å². The molecule has 2 rings (SSSR count). The van der Waals surface area contributed by atoms with Gasteiger partial charge in [0.05, 0.1) is 13.7 Å². The zero-order valence-electron chi connectivity index (χ0n) is 9.60. The maximum Gasteiger partial charge on any atom is 0.204 e. The fourth-order valence-corrected chi connectivity index (χ4v) is 1.95. The number of fused-ring (bicyclic) bond motifs is 1. The molecule has 1 aromatic rings. The number of hydrogen-bond acceptors (Lipinski definition) is 3. The fourth-order valence-electron chi connectivity index (χ4n) is 1.95. The van der Waals surface area contributed by atoms with Gasteiger partial charge in [0.2, 0.25) is 5.69 Å². The lowest BCUT2D eigenvalue weighted by molar-refractivity contribution is -0.830. The van der Waals surface area contributed by atoms with Crippen molar-refractivity contribution in [3.05, 3.63) is 11.9 Å². The molecule has 84 valence electrons. The molecule has 5 heteroatoms. The van der Waals surface area contributed by atoms with E-state index in [0.29, 0.717) is 6.04 Å². The Kier molecular flexibility index (Phi) is 3.04. The van der Waals surface area contributed by atoms with Gasteiger partial charge in [-0.1, -0.05) is 0 Å². The molecule has 2 N–H and O–H groups in total. The largest absolute Gasteiger partial charge is 0.293 e. The number of quaternary nitrogens is 1. The standard InChI is InChI=1S/C10H18N4O/c1-8(2)13-4-5-14-10(7-13)9(6-11-14)12-15-3/h6,8,12H,4-5,7H2,1-3H3/p+1. The van der Waals surface area contributed by atoms with E-state index in [9.17, 15) is 0 Å². The summed E-state index contributed by atoms with van der Waals surface area (Å²) in [6.45, 7) is 7.48. The van der Waals surface area contributed by atoms with Gasteiger partial charge in [-0.3, -0.25) is 9.58 Å². The van der Waals surface area contributed by atoms with Crippen molar-refractivity contribution in [2.24, 2.45) is 0 Å². The molecular formula is C10H19N4O+. The molecule has 0 radical (unpaired) electrons. The van der Waals surface area contributed by atoms with Gasteiger partial charge in [0.1, 0.15) is 11.9 Å². The van der Waals surface area contributed by atoms with E-state index in [0.717, 1.165) is 25.3 Å². The average Bonchev–Trinajstić information content (AvgIpc) is 2.61. The van der Waals surface area contributed by atoms with Crippen molar-refractivity contribution < 1.29 is 10.3 Å². The van der Waals surface area contributed by atoms with Crippen molar-refractivity contribution in [1.29, 1.82) is 0 Å². The summed E-state index contributed by atoms with van der Waals surface area (Å²) in [5.41, 5.74) is 4.13. The molecular weight excluding hydrogens is 192 g/mol. The van der Waals surface area contributed by atoms with Gasteiger partial charge in [0.25, 0.3) is 0 Å². The van der Waals surface area contributed by atoms with Crippen LogP contribution in [0.3, 0.4) is 0 Å². The molecule has 0 aromatic carbocycles. The minimum Gasteiger partial charge on any atom is -0.293 e. The maximum atomic E-state index is 5.05. The van der Waals surface area contributed by atoms with Crippen LogP contribution in [0.25, 0.3) is 0 Å². The normalized spacial score (nSPS) is 17.1. The highest BCUT2D eigenvalue weighted by Gasteiger charge is 2.23. The summed E-state index contributed by atoms with van der Waals surface area (Å²) >= 11 is 0. The van der Waals surface area contributed by atoms with Crippen LogP contribution in [-0.4, -0.2) is 34.4 Å². The maximum absolute atomic E-state index is 5.05. The molecule has 0 aliphatic carbocycles. The van der Waals surface area contributed by atoms with Crippen molar-refractivity contribution in [3.8, 4) is 0 Å². The first-order valence-electron chi connectivity index (χ1n) is 5.37. The molecule has 0 saturated heterocycles. The molecule has 1 aliphatic heterocycles.